The minimum atomic E-state index is -0.780. The molecule has 2 heterocycles. The predicted molar refractivity (Wildman–Crippen MR) is 104 cm³/mol. The van der Waals surface area contributed by atoms with Crippen LogP contribution >= 0.6 is 11.3 Å². The summed E-state index contributed by atoms with van der Waals surface area (Å²) >= 11 is 1.20. The van der Waals surface area contributed by atoms with Gasteiger partial charge in [0.25, 0.3) is 0 Å². The maximum atomic E-state index is 13.7. The van der Waals surface area contributed by atoms with Crippen molar-refractivity contribution in [3.8, 4) is 6.07 Å². The van der Waals surface area contributed by atoms with Crippen molar-refractivity contribution in [2.75, 3.05) is 18.5 Å². The molecule has 0 bridgehead atoms. The van der Waals surface area contributed by atoms with Crippen molar-refractivity contribution in [3.05, 3.63) is 57.5 Å². The van der Waals surface area contributed by atoms with Crippen LogP contribution in [0.3, 0.4) is 0 Å². The van der Waals surface area contributed by atoms with Gasteiger partial charge in [0.2, 0.25) is 5.91 Å². The van der Waals surface area contributed by atoms with Gasteiger partial charge in [-0.2, -0.15) is 5.26 Å². The highest BCUT2D eigenvalue weighted by Gasteiger charge is 2.28. The fourth-order valence-electron chi connectivity index (χ4n) is 2.96. The van der Waals surface area contributed by atoms with Gasteiger partial charge in [-0.25, -0.2) is 13.6 Å². The molecular weight excluding hydrogens is 400 g/mol. The van der Waals surface area contributed by atoms with E-state index in [4.69, 9.17) is 4.74 Å². The van der Waals surface area contributed by atoms with E-state index in [1.807, 2.05) is 0 Å². The Morgan fingerprint density at radius 3 is 2.76 bits per heavy atom. The summed E-state index contributed by atoms with van der Waals surface area (Å²) in [6.45, 7) is 2.70. The molecule has 9 heteroatoms. The average molecular weight is 417 g/mol. The number of halogens is 2. The van der Waals surface area contributed by atoms with Crippen LogP contribution < -0.4 is 5.32 Å². The highest BCUT2D eigenvalue weighted by Crippen LogP contribution is 2.36. The highest BCUT2D eigenvalue weighted by molar-refractivity contribution is 7.16. The van der Waals surface area contributed by atoms with Crippen molar-refractivity contribution in [2.24, 2.45) is 0 Å². The third-order valence-corrected chi connectivity index (χ3v) is 5.46. The summed E-state index contributed by atoms with van der Waals surface area (Å²) in [6, 6.07) is 5.51. The maximum absolute atomic E-state index is 13.7. The number of fused-ring (bicyclic) bond motifs is 1. The number of carbonyl (C=O) groups is 2. The molecule has 0 aliphatic carbocycles. The maximum Gasteiger partial charge on any atom is 0.410 e. The molecule has 1 aromatic heterocycles. The molecule has 6 nitrogen and oxygen atoms in total. The molecule has 29 heavy (non-hydrogen) atoms. The number of rotatable bonds is 4. The molecule has 150 valence electrons. The Kier molecular flexibility index (Phi) is 6.24. The fourth-order valence-corrected chi connectivity index (χ4v) is 4.18. The monoisotopic (exact) mass is 417 g/mol. The number of hydrogen-bond donors (Lipinski definition) is 1. The van der Waals surface area contributed by atoms with E-state index in [1.165, 1.54) is 22.3 Å². The van der Waals surface area contributed by atoms with Crippen LogP contribution in [0.4, 0.5) is 18.6 Å². The first-order chi connectivity index (χ1) is 13.9. The SMILES string of the molecule is CCOC(=O)N1CCc2c(sc(NC(=O)C=Cc3c(F)cccc3F)c2C#N)C1. The van der Waals surface area contributed by atoms with Crippen molar-refractivity contribution in [1.82, 2.24) is 4.90 Å². The van der Waals surface area contributed by atoms with E-state index in [1.54, 1.807) is 6.92 Å². The first-order valence-electron chi connectivity index (χ1n) is 8.84. The summed E-state index contributed by atoms with van der Waals surface area (Å²) in [4.78, 5) is 26.5. The molecule has 0 unspecified atom stereocenters. The van der Waals surface area contributed by atoms with Gasteiger partial charge in [0, 0.05) is 23.1 Å². The Morgan fingerprint density at radius 2 is 2.10 bits per heavy atom. The summed E-state index contributed by atoms with van der Waals surface area (Å²) in [5.74, 6) is -2.18. The Bertz CT molecular complexity index is 1010. The van der Waals surface area contributed by atoms with Gasteiger partial charge in [-0.15, -0.1) is 11.3 Å². The first-order valence-corrected chi connectivity index (χ1v) is 9.65. The number of ether oxygens (including phenoxy) is 1. The Hall–Kier alpha value is -3.25. The molecular formula is C20H17F2N3O3S. The number of amides is 2. The lowest BCUT2D eigenvalue weighted by Crippen LogP contribution is -2.35. The van der Waals surface area contributed by atoms with Crippen LogP contribution in [0.1, 0.15) is 28.5 Å². The van der Waals surface area contributed by atoms with Crippen LogP contribution in [0, 0.1) is 23.0 Å². The van der Waals surface area contributed by atoms with Gasteiger partial charge in [0.05, 0.1) is 18.7 Å². The minimum absolute atomic E-state index is 0.270. The molecule has 0 spiro atoms. The highest BCUT2D eigenvalue weighted by atomic mass is 32.1. The van der Waals surface area contributed by atoms with E-state index >= 15 is 0 Å². The van der Waals surface area contributed by atoms with Gasteiger partial charge in [-0.1, -0.05) is 6.07 Å². The largest absolute Gasteiger partial charge is 0.450 e. The number of nitriles is 1. The molecule has 0 radical (unpaired) electrons. The Balaban J connectivity index is 1.77. The van der Waals surface area contributed by atoms with Gasteiger partial charge >= 0.3 is 6.09 Å². The smallest absolute Gasteiger partial charge is 0.410 e. The zero-order valence-electron chi connectivity index (χ0n) is 15.5. The Labute approximate surface area is 170 Å². The second kappa shape index (κ2) is 8.84. The van der Waals surface area contributed by atoms with E-state index in [0.29, 0.717) is 30.1 Å². The molecule has 1 aliphatic heterocycles. The van der Waals surface area contributed by atoms with Crippen LogP contribution in [-0.2, 0) is 22.5 Å². The molecule has 0 saturated heterocycles. The summed E-state index contributed by atoms with van der Waals surface area (Å²) < 4.78 is 32.3. The number of nitrogens with zero attached hydrogens (tertiary/aromatic N) is 2. The van der Waals surface area contributed by atoms with E-state index in [0.717, 1.165) is 34.7 Å². The van der Waals surface area contributed by atoms with Crippen LogP contribution in [0.15, 0.2) is 24.3 Å². The van der Waals surface area contributed by atoms with Crippen molar-refractivity contribution in [1.29, 1.82) is 5.26 Å². The lowest BCUT2D eigenvalue weighted by Gasteiger charge is -2.25. The standard InChI is InChI=1S/C20H17F2N3O3S/c1-2-28-20(27)25-9-8-12-14(10-23)19(29-17(12)11-25)24-18(26)7-6-13-15(21)4-3-5-16(13)22/h3-7H,2,8-9,11H2,1H3,(H,24,26). The van der Waals surface area contributed by atoms with Gasteiger partial charge in [0.1, 0.15) is 22.7 Å². The molecule has 0 atom stereocenters. The molecule has 1 aromatic carbocycles. The van der Waals surface area contributed by atoms with Crippen molar-refractivity contribution in [2.45, 2.75) is 19.9 Å². The van der Waals surface area contributed by atoms with Crippen LogP contribution in [-0.4, -0.2) is 30.1 Å². The number of hydrogen-bond acceptors (Lipinski definition) is 5. The van der Waals surface area contributed by atoms with Crippen LogP contribution in [0.25, 0.3) is 6.08 Å². The topological polar surface area (TPSA) is 82.4 Å². The lowest BCUT2D eigenvalue weighted by molar-refractivity contribution is -0.111. The predicted octanol–water partition coefficient (Wildman–Crippen LogP) is 4.06. The summed E-state index contributed by atoms with van der Waals surface area (Å²) in [7, 11) is 0. The summed E-state index contributed by atoms with van der Waals surface area (Å²) in [6.07, 6.45) is 2.10. The summed E-state index contributed by atoms with van der Waals surface area (Å²) in [5, 5.41) is 12.4. The number of carbonyl (C=O) groups excluding carboxylic acids is 2. The molecule has 1 N–H and O–H groups in total. The van der Waals surface area contributed by atoms with E-state index < -0.39 is 23.6 Å². The number of nitrogens with one attached hydrogen (secondary N) is 1. The van der Waals surface area contributed by atoms with Gasteiger partial charge in [-0.05, 0) is 37.1 Å². The molecule has 0 fully saturated rings. The quantitative estimate of drug-likeness (QED) is 0.761. The van der Waals surface area contributed by atoms with Gasteiger partial charge < -0.3 is 15.0 Å². The van der Waals surface area contributed by atoms with Gasteiger partial charge in [0.15, 0.2) is 0 Å². The fraction of sp³-hybridized carbons (Fsp3) is 0.250. The van der Waals surface area contributed by atoms with Crippen molar-refractivity contribution in [3.63, 3.8) is 0 Å². The Morgan fingerprint density at radius 1 is 1.38 bits per heavy atom. The molecule has 3 rings (SSSR count). The zero-order valence-corrected chi connectivity index (χ0v) is 16.3. The van der Waals surface area contributed by atoms with Crippen molar-refractivity contribution >= 4 is 34.4 Å². The minimum Gasteiger partial charge on any atom is -0.450 e. The third kappa shape index (κ3) is 4.43. The normalized spacial score (nSPS) is 13.1. The van der Waals surface area contributed by atoms with E-state index in [2.05, 4.69) is 11.4 Å². The van der Waals surface area contributed by atoms with Gasteiger partial charge in [-0.3, -0.25) is 4.79 Å². The number of thiophene rings is 1. The zero-order chi connectivity index (χ0) is 21.0. The average Bonchev–Trinajstić information content (AvgIpc) is 3.03. The molecule has 0 saturated carbocycles. The molecule has 1 aliphatic rings. The second-order valence-corrected chi connectivity index (χ2v) is 7.25. The lowest BCUT2D eigenvalue weighted by atomic mass is 10.0. The second-order valence-electron chi connectivity index (χ2n) is 6.15. The third-order valence-electron chi connectivity index (χ3n) is 4.33. The van der Waals surface area contributed by atoms with E-state index in [-0.39, 0.29) is 12.2 Å². The summed E-state index contributed by atoms with van der Waals surface area (Å²) in [5.41, 5.74) is 0.809. The van der Waals surface area contributed by atoms with E-state index in [9.17, 15) is 23.6 Å². The number of anilines is 1. The van der Waals surface area contributed by atoms with Crippen LogP contribution in [0.2, 0.25) is 0 Å². The number of benzene rings is 1. The van der Waals surface area contributed by atoms with Crippen LogP contribution in [0.5, 0.6) is 0 Å². The van der Waals surface area contributed by atoms with Crippen molar-refractivity contribution < 1.29 is 23.1 Å². The molecule has 2 amide bonds. The molecule has 2 aromatic rings. The first kappa shape index (κ1) is 20.5.